The van der Waals surface area contributed by atoms with Crippen LogP contribution < -0.4 is 0 Å². The summed E-state index contributed by atoms with van der Waals surface area (Å²) >= 11 is 0. The third-order valence-corrected chi connectivity index (χ3v) is 8.47. The van der Waals surface area contributed by atoms with Gasteiger partial charge in [0.15, 0.2) is 5.60 Å². The largest absolute Gasteiger partial charge is 0.482 e. The maximum Gasteiger partial charge on any atom is 0.313 e. The van der Waals surface area contributed by atoms with Gasteiger partial charge >= 0.3 is 5.97 Å². The third kappa shape index (κ3) is 8.14. The van der Waals surface area contributed by atoms with E-state index in [-0.39, 0.29) is 35.7 Å². The number of carbonyl (C=O) groups is 3. The van der Waals surface area contributed by atoms with Gasteiger partial charge < -0.3 is 19.7 Å². The van der Waals surface area contributed by atoms with E-state index >= 15 is 0 Å². The molecule has 2 bridgehead atoms. The van der Waals surface area contributed by atoms with E-state index in [1.807, 2.05) is 53.7 Å². The molecule has 2 aliphatic heterocycles. The lowest BCUT2D eigenvalue weighted by Gasteiger charge is -2.32. The third-order valence-electron chi connectivity index (χ3n) is 8.47. The maximum absolute atomic E-state index is 13.2. The normalized spacial score (nSPS) is 30.2. The topological polar surface area (TPSA) is 110 Å². The standard InChI is InChI=1S/C32H50O7/c1-10-24-27-16-28(35)38-30(21(6)15-19(4)14-20(5)29(36)22(7)25(33)11-2)23(8)26(34)13-12-18(3)17-32(9,39-27)31(24)37/h12,14,20-23,26,29-30,34,36H,10-11,13,15-17H2,1-9H3. The van der Waals surface area contributed by atoms with Crippen molar-refractivity contribution in [3.8, 4) is 0 Å². The molecule has 7 heteroatoms. The van der Waals surface area contributed by atoms with Gasteiger partial charge in [0.25, 0.3) is 0 Å². The average Bonchev–Trinajstić information content (AvgIpc) is 3.10. The van der Waals surface area contributed by atoms with E-state index in [2.05, 4.69) is 0 Å². The molecule has 8 unspecified atom stereocenters. The molecule has 0 fully saturated rings. The van der Waals surface area contributed by atoms with Crippen molar-refractivity contribution >= 4 is 17.5 Å². The molecule has 0 spiro atoms. The summed E-state index contributed by atoms with van der Waals surface area (Å²) < 4.78 is 12.1. The first-order valence-electron chi connectivity index (χ1n) is 14.5. The molecule has 2 heterocycles. The Morgan fingerprint density at radius 2 is 1.87 bits per heavy atom. The maximum atomic E-state index is 13.2. The quantitative estimate of drug-likeness (QED) is 0.285. The van der Waals surface area contributed by atoms with Crippen LogP contribution in [-0.2, 0) is 23.9 Å². The van der Waals surface area contributed by atoms with Crippen molar-refractivity contribution in [1.29, 1.82) is 0 Å². The van der Waals surface area contributed by atoms with Crippen molar-refractivity contribution < 1.29 is 34.1 Å². The summed E-state index contributed by atoms with van der Waals surface area (Å²) in [5.74, 6) is -1.27. The molecule has 2 rings (SSSR count). The van der Waals surface area contributed by atoms with Gasteiger partial charge in [-0.3, -0.25) is 14.4 Å². The van der Waals surface area contributed by atoms with Crippen LogP contribution in [0.4, 0.5) is 0 Å². The molecule has 7 nitrogen and oxygen atoms in total. The highest BCUT2D eigenvalue weighted by Crippen LogP contribution is 2.39. The van der Waals surface area contributed by atoms with Gasteiger partial charge in [0.2, 0.25) is 5.78 Å². The van der Waals surface area contributed by atoms with Crippen LogP contribution in [0.5, 0.6) is 0 Å². The molecule has 0 aliphatic carbocycles. The lowest BCUT2D eigenvalue weighted by atomic mass is 9.83. The fraction of sp³-hybridized carbons (Fsp3) is 0.719. The van der Waals surface area contributed by atoms with Gasteiger partial charge in [-0.2, -0.15) is 0 Å². The van der Waals surface area contributed by atoms with Gasteiger partial charge in [0.05, 0.1) is 12.2 Å². The first-order chi connectivity index (χ1) is 18.1. The van der Waals surface area contributed by atoms with Gasteiger partial charge in [-0.1, -0.05) is 64.8 Å². The number of fused-ring (bicyclic) bond motifs is 2. The Kier molecular flexibility index (Phi) is 11.7. The number of ether oxygens (including phenoxy) is 2. The molecule has 0 saturated heterocycles. The van der Waals surface area contributed by atoms with Crippen molar-refractivity contribution in [2.75, 3.05) is 0 Å². The molecule has 0 saturated carbocycles. The Balaban J connectivity index is 2.30. The fourth-order valence-electron chi connectivity index (χ4n) is 6.08. The number of carbonyl (C=O) groups excluding carboxylic acids is 3. The Labute approximate surface area is 234 Å². The molecule has 0 aromatic heterocycles. The molecule has 2 N–H and O–H groups in total. The predicted octanol–water partition coefficient (Wildman–Crippen LogP) is 5.63. The van der Waals surface area contributed by atoms with E-state index in [0.29, 0.717) is 43.4 Å². The second-order valence-electron chi connectivity index (χ2n) is 12.1. The number of ketones is 2. The minimum atomic E-state index is -1.05. The molecule has 39 heavy (non-hydrogen) atoms. The molecule has 2 aliphatic rings. The van der Waals surface area contributed by atoms with Crippen LogP contribution in [0.15, 0.2) is 34.6 Å². The summed E-state index contributed by atoms with van der Waals surface area (Å²) in [6.45, 7) is 16.9. The Hall–Kier alpha value is -2.25. The van der Waals surface area contributed by atoms with E-state index in [9.17, 15) is 24.6 Å². The SMILES string of the molecule is CCC(=O)C(C)C(O)C(C)C=C(C)CC(C)C1OC(=O)CC2=C(CC)C(=O)C(C)(CC(C)=CCC(O)C1C)O2. The molecule has 0 amide bonds. The van der Waals surface area contributed by atoms with E-state index < -0.39 is 35.8 Å². The highest BCUT2D eigenvalue weighted by Gasteiger charge is 2.45. The van der Waals surface area contributed by atoms with Crippen molar-refractivity contribution in [2.45, 2.75) is 125 Å². The molecular formula is C32H50O7. The van der Waals surface area contributed by atoms with Crippen LogP contribution in [0, 0.1) is 23.7 Å². The summed E-state index contributed by atoms with van der Waals surface area (Å²) in [7, 11) is 0. The Morgan fingerprint density at radius 3 is 2.46 bits per heavy atom. The summed E-state index contributed by atoms with van der Waals surface area (Å²) in [5.41, 5.74) is 1.45. The molecule has 0 aromatic rings. The zero-order chi connectivity index (χ0) is 29.7. The summed E-state index contributed by atoms with van der Waals surface area (Å²) in [6.07, 6.45) is 3.95. The van der Waals surface area contributed by atoms with Gasteiger partial charge in [0.1, 0.15) is 24.1 Å². The van der Waals surface area contributed by atoms with Gasteiger partial charge in [-0.15, -0.1) is 0 Å². The fourth-order valence-corrected chi connectivity index (χ4v) is 6.08. The zero-order valence-electron chi connectivity index (χ0n) is 25.4. The summed E-state index contributed by atoms with van der Waals surface area (Å²) in [4.78, 5) is 38.4. The monoisotopic (exact) mass is 546 g/mol. The van der Waals surface area contributed by atoms with Gasteiger partial charge in [0, 0.05) is 36.2 Å². The highest BCUT2D eigenvalue weighted by molar-refractivity contribution is 6.04. The second-order valence-corrected chi connectivity index (χ2v) is 12.1. The number of esters is 1. The van der Waals surface area contributed by atoms with Crippen molar-refractivity contribution in [1.82, 2.24) is 0 Å². The summed E-state index contributed by atoms with van der Waals surface area (Å²) in [6, 6.07) is 0. The van der Waals surface area contributed by atoms with Crippen molar-refractivity contribution in [3.63, 3.8) is 0 Å². The summed E-state index contributed by atoms with van der Waals surface area (Å²) in [5, 5.41) is 21.7. The smallest absolute Gasteiger partial charge is 0.313 e. The zero-order valence-corrected chi connectivity index (χ0v) is 25.4. The van der Waals surface area contributed by atoms with Crippen LogP contribution in [0.3, 0.4) is 0 Å². The molecule has 8 atom stereocenters. The average molecular weight is 547 g/mol. The van der Waals surface area contributed by atoms with Gasteiger partial charge in [-0.25, -0.2) is 0 Å². The van der Waals surface area contributed by atoms with E-state index in [1.165, 1.54) is 0 Å². The van der Waals surface area contributed by atoms with Crippen LogP contribution in [0.2, 0.25) is 0 Å². The minimum absolute atomic E-state index is 0.0337. The Bertz CT molecular complexity index is 1010. The van der Waals surface area contributed by atoms with Crippen molar-refractivity contribution in [2.24, 2.45) is 23.7 Å². The van der Waals surface area contributed by atoms with Crippen LogP contribution >= 0.6 is 0 Å². The van der Waals surface area contributed by atoms with E-state index in [4.69, 9.17) is 9.47 Å². The first kappa shape index (κ1) is 33.0. The molecule has 220 valence electrons. The van der Waals surface area contributed by atoms with Crippen LogP contribution in [-0.4, -0.2) is 51.7 Å². The lowest BCUT2D eigenvalue weighted by molar-refractivity contribution is -0.158. The molecule has 0 radical (unpaired) electrons. The second kappa shape index (κ2) is 13.9. The number of Topliss-reactive ketones (excluding diaryl/α,β-unsaturated/α-hetero) is 2. The number of rotatable bonds is 9. The van der Waals surface area contributed by atoms with E-state index in [1.54, 1.807) is 20.8 Å². The number of aliphatic hydroxyl groups excluding tert-OH is 2. The van der Waals surface area contributed by atoms with Crippen LogP contribution in [0.1, 0.15) is 101 Å². The number of hydrogen-bond donors (Lipinski definition) is 2. The molecule has 0 aromatic carbocycles. The molecular weight excluding hydrogens is 496 g/mol. The lowest BCUT2D eigenvalue weighted by Crippen LogP contribution is -2.38. The van der Waals surface area contributed by atoms with E-state index in [0.717, 1.165) is 11.1 Å². The predicted molar refractivity (Wildman–Crippen MR) is 152 cm³/mol. The number of cyclic esters (lactones) is 1. The number of allylic oxidation sites excluding steroid dienone is 1. The van der Waals surface area contributed by atoms with Crippen molar-refractivity contribution in [3.05, 3.63) is 34.6 Å². The first-order valence-corrected chi connectivity index (χ1v) is 14.5. The highest BCUT2D eigenvalue weighted by atomic mass is 16.6. The number of hydrogen-bond acceptors (Lipinski definition) is 7. The minimum Gasteiger partial charge on any atom is -0.482 e. The number of aliphatic hydroxyl groups is 2. The van der Waals surface area contributed by atoms with Crippen LogP contribution in [0.25, 0.3) is 0 Å². The van der Waals surface area contributed by atoms with Gasteiger partial charge in [-0.05, 0) is 46.0 Å². The Morgan fingerprint density at radius 1 is 1.23 bits per heavy atom.